The quantitative estimate of drug-likeness (QED) is 0.625. The lowest BCUT2D eigenvalue weighted by Gasteiger charge is -2.16. The minimum Gasteiger partial charge on any atom is -0.465 e. The molecule has 0 saturated carbocycles. The normalized spacial score (nSPS) is 9.74. The minimum absolute atomic E-state index is 0.0723. The number of benzene rings is 1. The number of hydrogen-bond acceptors (Lipinski definition) is 3. The summed E-state index contributed by atoms with van der Waals surface area (Å²) in [6.45, 7) is 1.49. The lowest BCUT2D eigenvalue weighted by atomic mass is 10.1. The average Bonchev–Trinajstić information content (AvgIpc) is 2.28. The van der Waals surface area contributed by atoms with Crippen molar-refractivity contribution in [2.75, 3.05) is 5.32 Å². The molecular formula is C11H13N3O4S. The number of hydrogen-bond donors (Lipinski definition) is 4. The molecule has 8 heteroatoms. The molecule has 0 radical (unpaired) electrons. The van der Waals surface area contributed by atoms with E-state index in [1.54, 1.807) is 25.1 Å². The van der Waals surface area contributed by atoms with Crippen LogP contribution in [0, 0.1) is 6.92 Å². The molecule has 2 amide bonds. The zero-order valence-electron chi connectivity index (χ0n) is 10.1. The Labute approximate surface area is 114 Å². The van der Waals surface area contributed by atoms with Crippen LogP contribution in [-0.4, -0.2) is 32.4 Å². The molecule has 0 aliphatic heterocycles. The van der Waals surface area contributed by atoms with Crippen molar-refractivity contribution in [2.45, 2.75) is 13.5 Å². The Bertz CT molecular complexity index is 519. The summed E-state index contributed by atoms with van der Waals surface area (Å²) in [7, 11) is 0. The van der Waals surface area contributed by atoms with Crippen molar-refractivity contribution in [1.29, 1.82) is 0 Å². The second-order valence-electron chi connectivity index (χ2n) is 3.78. The van der Waals surface area contributed by atoms with Crippen LogP contribution in [-0.2, 0) is 6.54 Å². The molecule has 1 aromatic rings. The number of nitrogens with one attached hydrogen (secondary N) is 1. The number of nitrogens with zero attached hydrogens (tertiary/aromatic N) is 1. The molecule has 0 heterocycles. The van der Waals surface area contributed by atoms with Crippen LogP contribution in [0.25, 0.3) is 0 Å². The Morgan fingerprint density at radius 3 is 2.42 bits per heavy atom. The topological polar surface area (TPSA) is 116 Å². The fraction of sp³-hybridized carbons (Fsp3) is 0.182. The van der Waals surface area contributed by atoms with Gasteiger partial charge in [0.15, 0.2) is 5.11 Å². The number of aryl methyl sites for hydroxylation is 1. The van der Waals surface area contributed by atoms with Crippen molar-refractivity contribution in [3.8, 4) is 0 Å². The minimum atomic E-state index is -1.53. The predicted molar refractivity (Wildman–Crippen MR) is 73.2 cm³/mol. The van der Waals surface area contributed by atoms with E-state index >= 15 is 0 Å². The van der Waals surface area contributed by atoms with Crippen LogP contribution in [0.5, 0.6) is 0 Å². The first-order valence-corrected chi connectivity index (χ1v) is 5.61. The van der Waals surface area contributed by atoms with Gasteiger partial charge in [-0.05, 0) is 42.4 Å². The number of thiocarbonyl (C=S) groups is 1. The standard InChI is InChI=1S/C11H13N3O4S/c1-6-2-3-8(13-9(12)19)4-7(6)5-14(10(15)16)11(17)18/h2-4H,5H2,1H3,(H,15,16)(H,17,18)(H3,12,13,19). The van der Waals surface area contributed by atoms with Crippen LogP contribution >= 0.6 is 12.2 Å². The molecule has 0 aliphatic rings. The Balaban J connectivity index is 3.01. The SMILES string of the molecule is Cc1ccc(NC(N)=S)cc1CN(C(=O)O)C(=O)O. The van der Waals surface area contributed by atoms with Crippen molar-refractivity contribution < 1.29 is 19.8 Å². The highest BCUT2D eigenvalue weighted by Gasteiger charge is 2.20. The van der Waals surface area contributed by atoms with E-state index in [-0.39, 0.29) is 11.7 Å². The van der Waals surface area contributed by atoms with Crippen molar-refractivity contribution in [2.24, 2.45) is 5.73 Å². The number of rotatable bonds is 3. The summed E-state index contributed by atoms with van der Waals surface area (Å²) in [6, 6.07) is 5.04. The van der Waals surface area contributed by atoms with E-state index in [1.807, 2.05) is 0 Å². The third kappa shape index (κ3) is 4.11. The number of amides is 2. The molecule has 0 aliphatic carbocycles. The van der Waals surface area contributed by atoms with Gasteiger partial charge in [0.1, 0.15) is 0 Å². The van der Waals surface area contributed by atoms with Crippen molar-refractivity contribution in [3.05, 3.63) is 29.3 Å². The Hall–Kier alpha value is -2.35. The maximum Gasteiger partial charge on any atom is 0.417 e. The molecule has 19 heavy (non-hydrogen) atoms. The molecule has 7 nitrogen and oxygen atoms in total. The Kier molecular flexibility index (Phi) is 4.65. The van der Waals surface area contributed by atoms with Crippen LogP contribution in [0.4, 0.5) is 15.3 Å². The summed E-state index contributed by atoms with van der Waals surface area (Å²) in [5.41, 5.74) is 7.22. The number of carbonyl (C=O) groups is 2. The molecule has 1 aromatic carbocycles. The van der Waals surface area contributed by atoms with Gasteiger partial charge < -0.3 is 21.3 Å². The highest BCUT2D eigenvalue weighted by atomic mass is 32.1. The second-order valence-corrected chi connectivity index (χ2v) is 4.22. The zero-order chi connectivity index (χ0) is 14.6. The van der Waals surface area contributed by atoms with Gasteiger partial charge in [-0.2, -0.15) is 0 Å². The molecule has 0 fully saturated rings. The molecule has 102 valence electrons. The van der Waals surface area contributed by atoms with Crippen LogP contribution in [0.1, 0.15) is 11.1 Å². The van der Waals surface area contributed by atoms with Gasteiger partial charge in [-0.1, -0.05) is 6.07 Å². The van der Waals surface area contributed by atoms with E-state index in [0.717, 1.165) is 5.56 Å². The van der Waals surface area contributed by atoms with E-state index < -0.39 is 12.2 Å². The highest BCUT2D eigenvalue weighted by Crippen LogP contribution is 2.17. The van der Waals surface area contributed by atoms with E-state index in [1.165, 1.54) is 0 Å². The number of imide groups is 1. The third-order valence-corrected chi connectivity index (χ3v) is 2.51. The number of nitrogens with two attached hydrogens (primary N) is 1. The van der Waals surface area contributed by atoms with Gasteiger partial charge >= 0.3 is 12.2 Å². The summed E-state index contributed by atoms with van der Waals surface area (Å²) in [6.07, 6.45) is -3.06. The van der Waals surface area contributed by atoms with E-state index in [2.05, 4.69) is 5.32 Å². The van der Waals surface area contributed by atoms with Crippen molar-refractivity contribution in [3.63, 3.8) is 0 Å². The Morgan fingerprint density at radius 2 is 1.95 bits per heavy atom. The summed E-state index contributed by atoms with van der Waals surface area (Å²) >= 11 is 4.69. The summed E-state index contributed by atoms with van der Waals surface area (Å²) in [5, 5.41) is 20.4. The van der Waals surface area contributed by atoms with Crippen LogP contribution < -0.4 is 11.1 Å². The van der Waals surface area contributed by atoms with Gasteiger partial charge in [0.25, 0.3) is 0 Å². The summed E-state index contributed by atoms with van der Waals surface area (Å²) in [4.78, 5) is 21.9. The lowest BCUT2D eigenvalue weighted by molar-refractivity contribution is 0.120. The first-order chi connectivity index (χ1) is 8.81. The van der Waals surface area contributed by atoms with Crippen LogP contribution in [0.3, 0.4) is 0 Å². The van der Waals surface area contributed by atoms with Crippen molar-refractivity contribution in [1.82, 2.24) is 4.90 Å². The monoisotopic (exact) mass is 283 g/mol. The predicted octanol–water partition coefficient (Wildman–Crippen LogP) is 1.81. The molecule has 0 aromatic heterocycles. The van der Waals surface area contributed by atoms with Crippen LogP contribution in [0.15, 0.2) is 18.2 Å². The third-order valence-electron chi connectivity index (χ3n) is 2.41. The molecule has 0 atom stereocenters. The summed E-state index contributed by atoms with van der Waals surface area (Å²) in [5.74, 6) is 0. The largest absolute Gasteiger partial charge is 0.465 e. The van der Waals surface area contributed by atoms with E-state index in [9.17, 15) is 9.59 Å². The first kappa shape index (κ1) is 14.7. The lowest BCUT2D eigenvalue weighted by Crippen LogP contribution is -2.34. The molecular weight excluding hydrogens is 270 g/mol. The maximum absolute atomic E-state index is 10.8. The van der Waals surface area contributed by atoms with Gasteiger partial charge in [-0.25, -0.2) is 14.5 Å². The fourth-order valence-electron chi connectivity index (χ4n) is 1.45. The molecule has 1 rings (SSSR count). The molecule has 0 unspecified atom stereocenters. The van der Waals surface area contributed by atoms with E-state index in [4.69, 9.17) is 28.2 Å². The fourth-order valence-corrected chi connectivity index (χ4v) is 1.57. The smallest absolute Gasteiger partial charge is 0.417 e. The molecule has 0 spiro atoms. The highest BCUT2D eigenvalue weighted by molar-refractivity contribution is 7.80. The van der Waals surface area contributed by atoms with E-state index in [0.29, 0.717) is 16.2 Å². The van der Waals surface area contributed by atoms with Gasteiger partial charge in [0.05, 0.1) is 6.54 Å². The van der Waals surface area contributed by atoms with Gasteiger partial charge in [0.2, 0.25) is 0 Å². The zero-order valence-corrected chi connectivity index (χ0v) is 10.9. The number of carboxylic acid groups (broad SMARTS) is 2. The summed E-state index contributed by atoms with van der Waals surface area (Å²) < 4.78 is 0. The molecule has 0 saturated heterocycles. The van der Waals surface area contributed by atoms with Gasteiger partial charge in [0, 0.05) is 5.69 Å². The Morgan fingerprint density at radius 1 is 1.37 bits per heavy atom. The molecule has 0 bridgehead atoms. The second kappa shape index (κ2) is 6.01. The maximum atomic E-state index is 10.8. The van der Waals surface area contributed by atoms with Gasteiger partial charge in [-0.15, -0.1) is 0 Å². The first-order valence-electron chi connectivity index (χ1n) is 5.20. The van der Waals surface area contributed by atoms with Crippen molar-refractivity contribution >= 4 is 35.2 Å². The number of anilines is 1. The van der Waals surface area contributed by atoms with Gasteiger partial charge in [-0.3, -0.25) is 0 Å². The van der Waals surface area contributed by atoms with Crippen LogP contribution in [0.2, 0.25) is 0 Å². The molecule has 5 N–H and O–H groups in total. The average molecular weight is 283 g/mol.